The van der Waals surface area contributed by atoms with Crippen LogP contribution in [0, 0.1) is 0 Å². The van der Waals surface area contributed by atoms with Crippen LogP contribution in [0.4, 0.5) is 0 Å². The maximum absolute atomic E-state index is 12.0. The zero-order valence-electron chi connectivity index (χ0n) is 21.6. The Labute approximate surface area is 211 Å². The van der Waals surface area contributed by atoms with E-state index < -0.39 is 37.0 Å². The number of ether oxygens (including phenoxy) is 2. The SMILES string of the molecule is O=C(CCCCCCCCCCCCCCCCCO)O[C@H](CO)[C@H]1OC[C@H](O)[C@H]1O.OCCO. The van der Waals surface area contributed by atoms with Crippen LogP contribution in [0.5, 0.6) is 0 Å². The number of aliphatic hydroxyl groups is 6. The van der Waals surface area contributed by atoms with Gasteiger partial charge in [-0.15, -0.1) is 0 Å². The predicted molar refractivity (Wildman–Crippen MR) is 134 cm³/mol. The van der Waals surface area contributed by atoms with Crippen LogP contribution in [0.3, 0.4) is 0 Å². The van der Waals surface area contributed by atoms with Crippen molar-refractivity contribution >= 4 is 5.97 Å². The highest BCUT2D eigenvalue weighted by molar-refractivity contribution is 5.69. The highest BCUT2D eigenvalue weighted by Gasteiger charge is 2.41. The summed E-state index contributed by atoms with van der Waals surface area (Å²) >= 11 is 0. The molecule has 1 rings (SSSR count). The van der Waals surface area contributed by atoms with Crippen LogP contribution in [-0.2, 0) is 14.3 Å². The lowest BCUT2D eigenvalue weighted by Crippen LogP contribution is -2.43. The fourth-order valence-electron chi connectivity index (χ4n) is 4.07. The third-order valence-electron chi connectivity index (χ3n) is 6.16. The molecular weight excluding hydrogens is 456 g/mol. The average molecular weight is 509 g/mol. The number of esters is 1. The van der Waals surface area contributed by atoms with Gasteiger partial charge in [-0.3, -0.25) is 4.79 Å². The molecule has 1 aliphatic rings. The van der Waals surface area contributed by atoms with Gasteiger partial charge in [0.05, 0.1) is 26.4 Å². The van der Waals surface area contributed by atoms with Crippen LogP contribution in [-0.4, -0.2) is 94.1 Å². The van der Waals surface area contributed by atoms with Crippen LogP contribution in [0.1, 0.15) is 103 Å². The van der Waals surface area contributed by atoms with E-state index in [0.717, 1.165) is 32.1 Å². The van der Waals surface area contributed by atoms with Crippen molar-refractivity contribution in [1.82, 2.24) is 0 Å². The van der Waals surface area contributed by atoms with Gasteiger partial charge in [0.15, 0.2) is 6.10 Å². The van der Waals surface area contributed by atoms with Crippen molar-refractivity contribution in [3.8, 4) is 0 Å². The van der Waals surface area contributed by atoms with Crippen LogP contribution in [0.25, 0.3) is 0 Å². The molecule has 0 aromatic heterocycles. The topological polar surface area (TPSA) is 157 Å². The van der Waals surface area contributed by atoms with E-state index in [2.05, 4.69) is 0 Å². The molecule has 6 N–H and O–H groups in total. The van der Waals surface area contributed by atoms with Crippen LogP contribution < -0.4 is 0 Å². The lowest BCUT2D eigenvalue weighted by Gasteiger charge is -2.24. The fraction of sp³-hybridized carbons (Fsp3) is 0.962. The van der Waals surface area contributed by atoms with E-state index in [1.165, 1.54) is 64.2 Å². The largest absolute Gasteiger partial charge is 0.457 e. The summed E-state index contributed by atoms with van der Waals surface area (Å²) in [7, 11) is 0. The summed E-state index contributed by atoms with van der Waals surface area (Å²) < 4.78 is 10.5. The number of unbranched alkanes of at least 4 members (excludes halogenated alkanes) is 14. The zero-order valence-corrected chi connectivity index (χ0v) is 21.6. The molecule has 9 heteroatoms. The van der Waals surface area contributed by atoms with Gasteiger partial charge in [0.2, 0.25) is 0 Å². The standard InChI is InChI=1S/C24H46O7.C2H6O2/c25-17-15-13-11-9-7-5-3-1-2-4-6-8-10-12-14-16-22(28)31-21(18-26)24-23(29)20(27)19-30-24;3-1-2-4/h20-21,23-27,29H,1-19H2;3-4H,1-2H2/t20-,21+,23+,24+;/m0./s1. The van der Waals surface area contributed by atoms with Crippen molar-refractivity contribution in [2.24, 2.45) is 0 Å². The lowest BCUT2D eigenvalue weighted by atomic mass is 10.0. The maximum Gasteiger partial charge on any atom is 0.306 e. The first kappa shape index (κ1) is 34.2. The highest BCUT2D eigenvalue weighted by Crippen LogP contribution is 2.20. The van der Waals surface area contributed by atoms with Gasteiger partial charge < -0.3 is 40.1 Å². The van der Waals surface area contributed by atoms with Gasteiger partial charge in [-0.05, 0) is 12.8 Å². The Kier molecular flexibility index (Phi) is 24.3. The minimum atomic E-state index is -1.15. The van der Waals surface area contributed by atoms with Crippen LogP contribution in [0.2, 0.25) is 0 Å². The van der Waals surface area contributed by atoms with Gasteiger partial charge in [-0.1, -0.05) is 83.5 Å². The predicted octanol–water partition coefficient (Wildman–Crippen LogP) is 2.22. The summed E-state index contributed by atoms with van der Waals surface area (Å²) in [5, 5.41) is 52.7. The second kappa shape index (κ2) is 24.9. The smallest absolute Gasteiger partial charge is 0.306 e. The van der Waals surface area contributed by atoms with Gasteiger partial charge in [-0.25, -0.2) is 0 Å². The van der Waals surface area contributed by atoms with E-state index in [0.29, 0.717) is 13.0 Å². The zero-order chi connectivity index (χ0) is 26.2. The normalized spacial score (nSPS) is 20.3. The van der Waals surface area contributed by atoms with Crippen molar-refractivity contribution in [3.05, 3.63) is 0 Å². The van der Waals surface area contributed by atoms with Gasteiger partial charge in [0.25, 0.3) is 0 Å². The van der Waals surface area contributed by atoms with E-state index in [9.17, 15) is 20.1 Å². The van der Waals surface area contributed by atoms with Crippen LogP contribution in [0.15, 0.2) is 0 Å². The molecule has 0 amide bonds. The Morgan fingerprint density at radius 2 is 1.11 bits per heavy atom. The molecule has 1 heterocycles. The molecular formula is C26H52O9. The molecule has 1 fully saturated rings. The first-order valence-corrected chi connectivity index (χ1v) is 13.6. The molecule has 1 aliphatic heterocycles. The number of carbonyl (C=O) groups is 1. The summed E-state index contributed by atoms with van der Waals surface area (Å²) in [6.07, 6.45) is 14.2. The molecule has 0 radical (unpaired) electrons. The molecule has 35 heavy (non-hydrogen) atoms. The molecule has 9 nitrogen and oxygen atoms in total. The van der Waals surface area contributed by atoms with E-state index in [1.807, 2.05) is 0 Å². The van der Waals surface area contributed by atoms with Gasteiger partial charge in [0.1, 0.15) is 18.3 Å². The van der Waals surface area contributed by atoms with Crippen LogP contribution >= 0.6 is 0 Å². The minimum Gasteiger partial charge on any atom is -0.457 e. The molecule has 0 aromatic carbocycles. The Balaban J connectivity index is 0.00000267. The first-order chi connectivity index (χ1) is 17.0. The lowest BCUT2D eigenvalue weighted by molar-refractivity contribution is -0.162. The van der Waals surface area contributed by atoms with Gasteiger partial charge in [-0.2, -0.15) is 0 Å². The number of carbonyl (C=O) groups excluding carboxylic acids is 1. The maximum atomic E-state index is 12.0. The molecule has 1 saturated heterocycles. The Bertz CT molecular complexity index is 462. The average Bonchev–Trinajstić information content (AvgIpc) is 3.20. The molecule has 0 saturated carbocycles. The fourth-order valence-corrected chi connectivity index (χ4v) is 4.07. The van der Waals surface area contributed by atoms with Crippen molar-refractivity contribution in [2.45, 2.75) is 127 Å². The number of hydrogen-bond donors (Lipinski definition) is 6. The van der Waals surface area contributed by atoms with E-state index >= 15 is 0 Å². The summed E-state index contributed by atoms with van der Waals surface area (Å²) in [5.74, 6) is -0.398. The quantitative estimate of drug-likeness (QED) is 0.101. The molecule has 4 atom stereocenters. The number of rotatable bonds is 21. The Morgan fingerprint density at radius 3 is 1.46 bits per heavy atom. The van der Waals surface area contributed by atoms with Crippen molar-refractivity contribution < 1.29 is 44.9 Å². The van der Waals surface area contributed by atoms with Crippen molar-refractivity contribution in [2.75, 3.05) is 33.0 Å². The number of aliphatic hydroxyl groups excluding tert-OH is 6. The minimum absolute atomic E-state index is 0.0218. The second-order valence-corrected chi connectivity index (χ2v) is 9.29. The molecule has 0 aliphatic carbocycles. The monoisotopic (exact) mass is 508 g/mol. The molecule has 0 aromatic rings. The second-order valence-electron chi connectivity index (χ2n) is 9.29. The van der Waals surface area contributed by atoms with Gasteiger partial charge in [0, 0.05) is 13.0 Å². The summed E-state index contributed by atoms with van der Waals surface area (Å²) in [6.45, 7) is -0.386. The molecule has 0 bridgehead atoms. The van der Waals surface area contributed by atoms with E-state index in [-0.39, 0.29) is 19.8 Å². The Hall–Kier alpha value is -0.810. The third-order valence-corrected chi connectivity index (χ3v) is 6.16. The molecule has 0 spiro atoms. The highest BCUT2D eigenvalue weighted by atomic mass is 16.6. The molecule has 210 valence electrons. The molecule has 0 unspecified atom stereocenters. The first-order valence-electron chi connectivity index (χ1n) is 13.6. The number of hydrogen-bond acceptors (Lipinski definition) is 9. The van der Waals surface area contributed by atoms with E-state index in [4.69, 9.17) is 24.8 Å². The van der Waals surface area contributed by atoms with Crippen molar-refractivity contribution in [1.29, 1.82) is 0 Å². The van der Waals surface area contributed by atoms with Crippen molar-refractivity contribution in [3.63, 3.8) is 0 Å². The summed E-state index contributed by atoms with van der Waals surface area (Å²) in [4.78, 5) is 12.0. The third kappa shape index (κ3) is 19.0. The summed E-state index contributed by atoms with van der Waals surface area (Å²) in [5.41, 5.74) is 0. The summed E-state index contributed by atoms with van der Waals surface area (Å²) in [6, 6.07) is 0. The Morgan fingerprint density at radius 1 is 0.686 bits per heavy atom. The van der Waals surface area contributed by atoms with Gasteiger partial charge >= 0.3 is 5.97 Å². The van der Waals surface area contributed by atoms with E-state index in [1.54, 1.807) is 0 Å².